The Labute approximate surface area is 303 Å². The van der Waals surface area contributed by atoms with Gasteiger partial charge in [-0.05, 0) is 48.9 Å². The number of Topliss-reactive ketones (excluding diaryl/α,β-unsaturated/α-hetero) is 1. The zero-order valence-electron chi connectivity index (χ0n) is 31.5. The van der Waals surface area contributed by atoms with E-state index in [0.717, 1.165) is 49.8 Å². The number of urea groups is 2. The molecule has 2 unspecified atom stereocenters. The van der Waals surface area contributed by atoms with Gasteiger partial charge in [0, 0.05) is 13.1 Å². The third-order valence-electron chi connectivity index (χ3n) is 10.5. The zero-order valence-corrected chi connectivity index (χ0v) is 31.5. The topological polar surface area (TPSA) is 186 Å². The van der Waals surface area contributed by atoms with E-state index in [-0.39, 0.29) is 49.2 Å². The fraction of sp³-hybridized carbons (Fsp3) is 0.757. The third kappa shape index (κ3) is 11.3. The van der Waals surface area contributed by atoms with Gasteiger partial charge in [0.25, 0.3) is 5.91 Å². The van der Waals surface area contributed by atoms with Crippen molar-refractivity contribution in [1.29, 1.82) is 0 Å². The molecular weight excluding hydrogens is 654 g/mol. The second-order valence-electron chi connectivity index (χ2n) is 15.7. The standard InChI is InChI=1S/C37H61N7O7/c1-8-10-12-17-26(31(46)33(48)38-19-9-2)40-32(47)30-25(23(3)4)18-20-43(30)34(49)29(24-15-13-11-14-16-24)42-35(50)41-27(37(5,6)7)22-44-28(45)21-39-36(44)51/h9,23-27,29-30H,2,8,10-22H2,1,3-7H3,(H,38,48)(H,39,51)(H,40,47)(H2,41,42,50)/t25?,26?,27-,29+,30+/m1/s1. The molecular formula is C37H61N7O7. The van der Waals surface area contributed by atoms with Crippen molar-refractivity contribution >= 4 is 41.5 Å². The van der Waals surface area contributed by atoms with E-state index in [1.165, 1.54) is 6.08 Å². The van der Waals surface area contributed by atoms with Gasteiger partial charge in [0.1, 0.15) is 12.1 Å². The van der Waals surface area contributed by atoms with Crippen LogP contribution in [0.2, 0.25) is 0 Å². The van der Waals surface area contributed by atoms with E-state index in [2.05, 4.69) is 33.2 Å². The highest BCUT2D eigenvalue weighted by atomic mass is 16.2. The lowest BCUT2D eigenvalue weighted by Crippen LogP contribution is -2.61. The summed E-state index contributed by atoms with van der Waals surface area (Å²) in [6, 6.07) is -4.59. The van der Waals surface area contributed by atoms with Gasteiger partial charge in [-0.1, -0.05) is 86.1 Å². The molecule has 3 rings (SSSR count). The second kappa shape index (κ2) is 19.0. The summed E-state index contributed by atoms with van der Waals surface area (Å²) in [5.74, 6) is -3.09. The molecule has 1 saturated carbocycles. The monoisotopic (exact) mass is 715 g/mol. The maximum atomic E-state index is 14.6. The average Bonchev–Trinajstić information content (AvgIpc) is 3.68. The van der Waals surface area contributed by atoms with E-state index in [9.17, 15) is 33.6 Å². The maximum Gasteiger partial charge on any atom is 0.324 e. The van der Waals surface area contributed by atoms with Crippen LogP contribution in [0.3, 0.4) is 0 Å². The van der Waals surface area contributed by atoms with E-state index in [1.807, 2.05) is 41.5 Å². The van der Waals surface area contributed by atoms with Crippen LogP contribution >= 0.6 is 0 Å². The Morgan fingerprint density at radius 2 is 1.67 bits per heavy atom. The molecule has 0 aromatic heterocycles. The van der Waals surface area contributed by atoms with Gasteiger partial charge in [-0.3, -0.25) is 28.9 Å². The third-order valence-corrected chi connectivity index (χ3v) is 10.5. The van der Waals surface area contributed by atoms with Crippen LogP contribution in [0.1, 0.15) is 106 Å². The normalized spacial score (nSPS) is 21.5. The predicted molar refractivity (Wildman–Crippen MR) is 193 cm³/mol. The van der Waals surface area contributed by atoms with Crippen LogP contribution in [-0.4, -0.2) is 102 Å². The summed E-state index contributed by atoms with van der Waals surface area (Å²) in [4.78, 5) is 95.7. The molecule has 2 heterocycles. The molecule has 8 amide bonds. The number of carbonyl (C=O) groups is 7. The average molecular weight is 716 g/mol. The van der Waals surface area contributed by atoms with Crippen molar-refractivity contribution in [2.75, 3.05) is 26.2 Å². The Morgan fingerprint density at radius 1 is 0.980 bits per heavy atom. The number of carbonyl (C=O) groups excluding carboxylic acids is 7. The summed E-state index contributed by atoms with van der Waals surface area (Å²) < 4.78 is 0. The minimum atomic E-state index is -1.05. The molecule has 14 nitrogen and oxygen atoms in total. The highest BCUT2D eigenvalue weighted by Crippen LogP contribution is 2.34. The molecule has 2 aliphatic heterocycles. The molecule has 5 atom stereocenters. The summed E-state index contributed by atoms with van der Waals surface area (Å²) in [6.07, 6.45) is 8.98. The van der Waals surface area contributed by atoms with Gasteiger partial charge < -0.3 is 31.5 Å². The van der Waals surface area contributed by atoms with E-state index in [4.69, 9.17) is 0 Å². The number of unbranched alkanes of at least 4 members (excludes halogenated alkanes) is 2. The second-order valence-corrected chi connectivity index (χ2v) is 15.7. The Bertz CT molecular complexity index is 1270. The van der Waals surface area contributed by atoms with Crippen LogP contribution in [0.15, 0.2) is 12.7 Å². The minimum Gasteiger partial charge on any atom is -0.346 e. The van der Waals surface area contributed by atoms with Gasteiger partial charge in [0.15, 0.2) is 0 Å². The quantitative estimate of drug-likeness (QED) is 0.0663. The molecule has 0 bridgehead atoms. The van der Waals surface area contributed by atoms with Gasteiger partial charge in [0.05, 0.1) is 25.2 Å². The summed E-state index contributed by atoms with van der Waals surface area (Å²) in [6.45, 7) is 15.5. The number of imide groups is 1. The Morgan fingerprint density at radius 3 is 2.24 bits per heavy atom. The van der Waals surface area contributed by atoms with Gasteiger partial charge in [-0.25, -0.2) is 9.59 Å². The Balaban J connectivity index is 1.87. The fourth-order valence-corrected chi connectivity index (χ4v) is 7.36. The van der Waals surface area contributed by atoms with Crippen LogP contribution in [0, 0.1) is 23.2 Å². The lowest BCUT2D eigenvalue weighted by atomic mass is 9.82. The molecule has 0 radical (unpaired) electrons. The highest BCUT2D eigenvalue weighted by Gasteiger charge is 2.47. The van der Waals surface area contributed by atoms with Crippen LogP contribution < -0.4 is 26.6 Å². The number of hydrogen-bond donors (Lipinski definition) is 5. The zero-order chi connectivity index (χ0) is 37.9. The number of rotatable bonds is 17. The maximum absolute atomic E-state index is 14.6. The van der Waals surface area contributed by atoms with Crippen LogP contribution in [0.25, 0.3) is 0 Å². The fourth-order valence-electron chi connectivity index (χ4n) is 7.36. The molecule has 1 aliphatic carbocycles. The van der Waals surface area contributed by atoms with Gasteiger partial charge in [-0.2, -0.15) is 0 Å². The molecule has 3 aliphatic rings. The summed E-state index contributed by atoms with van der Waals surface area (Å²) >= 11 is 0. The van der Waals surface area contributed by atoms with E-state index in [0.29, 0.717) is 25.8 Å². The summed E-state index contributed by atoms with van der Waals surface area (Å²) in [5.41, 5.74) is -0.541. The smallest absolute Gasteiger partial charge is 0.324 e. The number of ketones is 1. The van der Waals surface area contributed by atoms with E-state index >= 15 is 0 Å². The van der Waals surface area contributed by atoms with Crippen LogP contribution in [-0.2, 0) is 24.0 Å². The first-order chi connectivity index (χ1) is 24.1. The Kier molecular flexibility index (Phi) is 15.5. The highest BCUT2D eigenvalue weighted by molar-refractivity contribution is 6.38. The van der Waals surface area contributed by atoms with Gasteiger partial charge in [-0.15, -0.1) is 6.58 Å². The lowest BCUT2D eigenvalue weighted by molar-refractivity contribution is -0.144. The van der Waals surface area contributed by atoms with Crippen LogP contribution in [0.5, 0.6) is 0 Å². The van der Waals surface area contributed by atoms with Crippen molar-refractivity contribution in [3.63, 3.8) is 0 Å². The van der Waals surface area contributed by atoms with Crippen molar-refractivity contribution in [3.8, 4) is 0 Å². The van der Waals surface area contributed by atoms with Crippen LogP contribution in [0.4, 0.5) is 9.59 Å². The van der Waals surface area contributed by atoms with Crippen molar-refractivity contribution in [1.82, 2.24) is 36.4 Å². The van der Waals surface area contributed by atoms with Crippen molar-refractivity contribution in [2.24, 2.45) is 23.2 Å². The molecule has 5 N–H and O–H groups in total. The molecule has 0 aromatic carbocycles. The predicted octanol–water partition coefficient (Wildman–Crippen LogP) is 3.01. The van der Waals surface area contributed by atoms with E-state index in [1.54, 1.807) is 4.90 Å². The molecule has 3 fully saturated rings. The summed E-state index contributed by atoms with van der Waals surface area (Å²) in [5, 5.41) is 13.8. The van der Waals surface area contributed by atoms with Crippen molar-refractivity contribution in [2.45, 2.75) is 130 Å². The first-order valence-corrected chi connectivity index (χ1v) is 18.8. The minimum absolute atomic E-state index is 0.0299. The number of likely N-dealkylation sites (tertiary alicyclic amines) is 1. The first-order valence-electron chi connectivity index (χ1n) is 18.8. The molecule has 51 heavy (non-hydrogen) atoms. The van der Waals surface area contributed by atoms with Gasteiger partial charge >= 0.3 is 12.1 Å². The molecule has 2 saturated heterocycles. The largest absolute Gasteiger partial charge is 0.346 e. The molecule has 0 aromatic rings. The SMILES string of the molecule is C=CCNC(=O)C(=O)C(CCCCC)NC(=O)[C@@H]1C(C(C)C)CCN1C(=O)[C@@H](NC(=O)N[C@H](CN1C(=O)CNC1=O)C(C)(C)C)C1CCCCC1. The number of nitrogens with one attached hydrogen (secondary N) is 5. The van der Waals surface area contributed by atoms with Crippen molar-refractivity contribution < 1.29 is 33.6 Å². The molecule has 286 valence electrons. The lowest BCUT2D eigenvalue weighted by Gasteiger charge is -2.37. The Hall–Kier alpha value is -3.97. The number of amides is 8. The first kappa shape index (κ1) is 41.5. The molecule has 0 spiro atoms. The van der Waals surface area contributed by atoms with Crippen molar-refractivity contribution in [3.05, 3.63) is 12.7 Å². The van der Waals surface area contributed by atoms with Gasteiger partial charge in [0.2, 0.25) is 23.5 Å². The number of hydrogen-bond acceptors (Lipinski definition) is 7. The van der Waals surface area contributed by atoms with E-state index < -0.39 is 59.2 Å². The summed E-state index contributed by atoms with van der Waals surface area (Å²) in [7, 11) is 0. The number of nitrogens with zero attached hydrogens (tertiary/aromatic N) is 2. The molecule has 14 heteroatoms.